The van der Waals surface area contributed by atoms with Gasteiger partial charge in [-0.1, -0.05) is 0 Å². The number of ether oxygens (including phenoxy) is 2. The topological polar surface area (TPSA) is 50.8 Å². The molecule has 1 aliphatic carbocycles. The van der Waals surface area contributed by atoms with E-state index in [-0.39, 0.29) is 18.1 Å². The molecule has 2 saturated heterocycles. The smallest absolute Gasteiger partial charge is 0.318 e. The lowest BCUT2D eigenvalue weighted by atomic mass is 10.0. The third-order valence-electron chi connectivity index (χ3n) is 4.42. The van der Waals surface area contributed by atoms with Gasteiger partial charge in [0.25, 0.3) is 0 Å². The van der Waals surface area contributed by atoms with Crippen LogP contribution in [0.1, 0.15) is 32.6 Å². The largest absolute Gasteiger partial charge is 0.378 e. The Labute approximate surface area is 114 Å². The molecule has 2 aliphatic heterocycles. The molecule has 0 aromatic carbocycles. The molecule has 0 aromatic rings. The highest BCUT2D eigenvalue weighted by Crippen LogP contribution is 2.38. The van der Waals surface area contributed by atoms with Crippen LogP contribution in [0.4, 0.5) is 4.79 Å². The number of morpholine rings is 1. The Morgan fingerprint density at radius 1 is 1.26 bits per heavy atom. The lowest BCUT2D eigenvalue weighted by Crippen LogP contribution is -2.54. The highest BCUT2D eigenvalue weighted by atomic mass is 16.5. The standard InChI is InChI=1S/C14H24N2O3/c1-10-9-18-7-5-16(10)14(17)15-12-4-6-19-13(8-12)11-2-3-11/h10-13H,2-9H2,1H3,(H,15,17)/t10-,12?,13?/m1/s1. The van der Waals surface area contributed by atoms with Crippen molar-refractivity contribution in [1.82, 2.24) is 10.2 Å². The first-order valence-corrected chi connectivity index (χ1v) is 7.50. The van der Waals surface area contributed by atoms with E-state index < -0.39 is 0 Å². The zero-order valence-electron chi connectivity index (χ0n) is 11.6. The van der Waals surface area contributed by atoms with Crippen molar-refractivity contribution in [3.05, 3.63) is 0 Å². The summed E-state index contributed by atoms with van der Waals surface area (Å²) >= 11 is 0. The van der Waals surface area contributed by atoms with Crippen molar-refractivity contribution in [2.45, 2.75) is 50.8 Å². The number of rotatable bonds is 2. The van der Waals surface area contributed by atoms with Crippen molar-refractivity contribution in [1.29, 1.82) is 0 Å². The predicted molar refractivity (Wildman–Crippen MR) is 71.0 cm³/mol. The average molecular weight is 268 g/mol. The summed E-state index contributed by atoms with van der Waals surface area (Å²) in [6.45, 7) is 4.81. The Morgan fingerprint density at radius 3 is 2.84 bits per heavy atom. The van der Waals surface area contributed by atoms with Crippen LogP contribution >= 0.6 is 0 Å². The quantitative estimate of drug-likeness (QED) is 0.823. The summed E-state index contributed by atoms with van der Waals surface area (Å²) in [6, 6.07) is 0.520. The molecule has 0 spiro atoms. The Kier molecular flexibility index (Phi) is 3.93. The highest BCUT2D eigenvalue weighted by molar-refractivity contribution is 5.75. The molecular formula is C14H24N2O3. The van der Waals surface area contributed by atoms with Crippen LogP contribution in [0.15, 0.2) is 0 Å². The molecule has 5 nitrogen and oxygen atoms in total. The maximum Gasteiger partial charge on any atom is 0.318 e. The molecule has 19 heavy (non-hydrogen) atoms. The minimum atomic E-state index is 0.0669. The van der Waals surface area contributed by atoms with Gasteiger partial charge in [0.2, 0.25) is 0 Å². The molecule has 2 amide bonds. The van der Waals surface area contributed by atoms with E-state index in [1.807, 2.05) is 11.8 Å². The van der Waals surface area contributed by atoms with Gasteiger partial charge in [-0.15, -0.1) is 0 Å². The zero-order chi connectivity index (χ0) is 13.2. The molecule has 3 fully saturated rings. The van der Waals surface area contributed by atoms with Crippen LogP contribution in [-0.2, 0) is 9.47 Å². The van der Waals surface area contributed by atoms with Crippen molar-refractivity contribution in [2.75, 3.05) is 26.4 Å². The molecule has 0 aromatic heterocycles. The molecule has 2 unspecified atom stereocenters. The molecule has 0 bridgehead atoms. The molecule has 1 N–H and O–H groups in total. The normalized spacial score (nSPS) is 36.1. The number of hydrogen-bond donors (Lipinski definition) is 1. The summed E-state index contributed by atoms with van der Waals surface area (Å²) in [5.74, 6) is 0.752. The van der Waals surface area contributed by atoms with Crippen molar-refractivity contribution >= 4 is 6.03 Å². The molecule has 1 saturated carbocycles. The zero-order valence-corrected chi connectivity index (χ0v) is 11.6. The minimum absolute atomic E-state index is 0.0669. The van der Waals surface area contributed by atoms with E-state index in [9.17, 15) is 4.79 Å². The number of hydrogen-bond acceptors (Lipinski definition) is 3. The second-order valence-electron chi connectivity index (χ2n) is 6.03. The Balaban J connectivity index is 1.50. The van der Waals surface area contributed by atoms with Gasteiger partial charge in [0, 0.05) is 19.2 Å². The van der Waals surface area contributed by atoms with Gasteiger partial charge in [-0.3, -0.25) is 0 Å². The summed E-state index contributed by atoms with van der Waals surface area (Å²) in [5, 5.41) is 3.18. The van der Waals surface area contributed by atoms with Crippen LogP contribution in [0.3, 0.4) is 0 Å². The molecule has 2 heterocycles. The van der Waals surface area contributed by atoms with Gasteiger partial charge in [-0.05, 0) is 38.5 Å². The minimum Gasteiger partial charge on any atom is -0.378 e. The third-order valence-corrected chi connectivity index (χ3v) is 4.42. The summed E-state index contributed by atoms with van der Waals surface area (Å²) in [4.78, 5) is 14.2. The first kappa shape index (κ1) is 13.2. The molecular weight excluding hydrogens is 244 g/mol. The second-order valence-corrected chi connectivity index (χ2v) is 6.03. The fourth-order valence-electron chi connectivity index (χ4n) is 3.04. The number of amides is 2. The van der Waals surface area contributed by atoms with E-state index in [4.69, 9.17) is 9.47 Å². The summed E-state index contributed by atoms with van der Waals surface area (Å²) in [7, 11) is 0. The van der Waals surface area contributed by atoms with E-state index in [1.165, 1.54) is 12.8 Å². The Hall–Kier alpha value is -0.810. The van der Waals surface area contributed by atoms with E-state index in [0.717, 1.165) is 25.4 Å². The number of nitrogens with zero attached hydrogens (tertiary/aromatic N) is 1. The van der Waals surface area contributed by atoms with E-state index in [2.05, 4.69) is 5.32 Å². The average Bonchev–Trinajstić information content (AvgIpc) is 3.24. The molecule has 3 aliphatic rings. The Morgan fingerprint density at radius 2 is 2.11 bits per heavy atom. The number of carbonyl (C=O) groups excluding carboxylic acids is 1. The fraction of sp³-hybridized carbons (Fsp3) is 0.929. The Bertz CT molecular complexity index is 333. The van der Waals surface area contributed by atoms with E-state index in [1.54, 1.807) is 0 Å². The van der Waals surface area contributed by atoms with Crippen molar-refractivity contribution in [2.24, 2.45) is 5.92 Å². The predicted octanol–water partition coefficient (Wildman–Crippen LogP) is 1.37. The number of urea groups is 1. The molecule has 0 radical (unpaired) electrons. The first-order chi connectivity index (χ1) is 9.24. The maximum absolute atomic E-state index is 12.3. The van der Waals surface area contributed by atoms with Crippen molar-refractivity contribution in [3.63, 3.8) is 0 Å². The van der Waals surface area contributed by atoms with Crippen molar-refractivity contribution < 1.29 is 14.3 Å². The van der Waals surface area contributed by atoms with Gasteiger partial charge in [-0.25, -0.2) is 4.79 Å². The van der Waals surface area contributed by atoms with Gasteiger partial charge in [0.15, 0.2) is 0 Å². The maximum atomic E-state index is 12.3. The molecule has 5 heteroatoms. The van der Waals surface area contributed by atoms with E-state index in [0.29, 0.717) is 25.9 Å². The third kappa shape index (κ3) is 3.20. The SMILES string of the molecule is C[C@@H]1COCCN1C(=O)NC1CCOC(C2CC2)C1. The number of carbonyl (C=O) groups is 1. The van der Waals surface area contributed by atoms with Gasteiger partial charge in [-0.2, -0.15) is 0 Å². The van der Waals surface area contributed by atoms with E-state index >= 15 is 0 Å². The van der Waals surface area contributed by atoms with Crippen molar-refractivity contribution in [3.8, 4) is 0 Å². The van der Waals surface area contributed by atoms with Crippen LogP contribution in [0, 0.1) is 5.92 Å². The highest BCUT2D eigenvalue weighted by Gasteiger charge is 2.36. The molecule has 3 rings (SSSR count). The van der Waals surface area contributed by atoms with Gasteiger partial charge < -0.3 is 19.7 Å². The van der Waals surface area contributed by atoms with Gasteiger partial charge >= 0.3 is 6.03 Å². The monoisotopic (exact) mass is 268 g/mol. The summed E-state index contributed by atoms with van der Waals surface area (Å²) in [6.07, 6.45) is 4.89. The number of nitrogens with one attached hydrogen (secondary N) is 1. The second kappa shape index (κ2) is 5.67. The van der Waals surface area contributed by atoms with Crippen LogP contribution in [0.5, 0.6) is 0 Å². The summed E-state index contributed by atoms with van der Waals surface area (Å²) in [5.41, 5.74) is 0. The van der Waals surface area contributed by atoms with Crippen LogP contribution in [-0.4, -0.2) is 55.5 Å². The molecule has 108 valence electrons. The van der Waals surface area contributed by atoms with Gasteiger partial charge in [0.1, 0.15) is 0 Å². The fourth-order valence-corrected chi connectivity index (χ4v) is 3.04. The first-order valence-electron chi connectivity index (χ1n) is 7.50. The van der Waals surface area contributed by atoms with Crippen LogP contribution in [0.2, 0.25) is 0 Å². The van der Waals surface area contributed by atoms with Gasteiger partial charge in [0.05, 0.1) is 25.4 Å². The van der Waals surface area contributed by atoms with Crippen LogP contribution in [0.25, 0.3) is 0 Å². The summed E-state index contributed by atoms with van der Waals surface area (Å²) < 4.78 is 11.2. The molecule has 3 atom stereocenters. The lowest BCUT2D eigenvalue weighted by molar-refractivity contribution is -0.0129. The lowest BCUT2D eigenvalue weighted by Gasteiger charge is -2.36. The van der Waals surface area contributed by atoms with Crippen LogP contribution < -0.4 is 5.32 Å².